The summed E-state index contributed by atoms with van der Waals surface area (Å²) in [6.07, 6.45) is 8.59. The molecule has 2 aromatic rings. The van der Waals surface area contributed by atoms with Crippen molar-refractivity contribution >= 4 is 5.95 Å². The van der Waals surface area contributed by atoms with Gasteiger partial charge in [-0.2, -0.15) is 5.10 Å². The van der Waals surface area contributed by atoms with Crippen LogP contribution in [0.25, 0.3) is 0 Å². The van der Waals surface area contributed by atoms with Crippen LogP contribution in [0.3, 0.4) is 0 Å². The number of rotatable bonds is 6. The monoisotopic (exact) mass is 304 g/mol. The van der Waals surface area contributed by atoms with Gasteiger partial charge in [-0.15, -0.1) is 0 Å². The molecule has 1 aliphatic rings. The predicted octanol–water partition coefficient (Wildman–Crippen LogP) is 1.41. The van der Waals surface area contributed by atoms with Crippen LogP contribution in [0.2, 0.25) is 0 Å². The SMILES string of the molecule is Fc1cnc(N2CCN(CCCCn3cccn3)CC2)nc1. The van der Waals surface area contributed by atoms with Gasteiger partial charge in [0.1, 0.15) is 0 Å². The highest BCUT2D eigenvalue weighted by Gasteiger charge is 2.18. The molecule has 0 bridgehead atoms. The fraction of sp³-hybridized carbons (Fsp3) is 0.533. The molecule has 7 heteroatoms. The minimum atomic E-state index is -0.389. The molecule has 1 fully saturated rings. The average molecular weight is 304 g/mol. The first kappa shape index (κ1) is 14.9. The molecule has 1 saturated heterocycles. The second kappa shape index (κ2) is 7.31. The maximum absolute atomic E-state index is 12.8. The summed E-state index contributed by atoms with van der Waals surface area (Å²) in [5, 5.41) is 4.21. The quantitative estimate of drug-likeness (QED) is 0.755. The van der Waals surface area contributed by atoms with Crippen molar-refractivity contribution in [2.75, 3.05) is 37.6 Å². The number of unbranched alkanes of at least 4 members (excludes halogenated alkanes) is 1. The van der Waals surface area contributed by atoms with Crippen molar-refractivity contribution in [1.82, 2.24) is 24.6 Å². The first-order valence-electron chi connectivity index (χ1n) is 7.73. The zero-order chi connectivity index (χ0) is 15.2. The van der Waals surface area contributed by atoms with E-state index < -0.39 is 0 Å². The molecule has 118 valence electrons. The Morgan fingerprint density at radius 3 is 2.41 bits per heavy atom. The van der Waals surface area contributed by atoms with Gasteiger partial charge in [0.25, 0.3) is 0 Å². The lowest BCUT2D eigenvalue weighted by Crippen LogP contribution is -2.47. The number of hydrogen-bond acceptors (Lipinski definition) is 5. The van der Waals surface area contributed by atoms with Crippen LogP contribution in [-0.4, -0.2) is 57.4 Å². The highest BCUT2D eigenvalue weighted by Crippen LogP contribution is 2.11. The molecule has 1 aliphatic heterocycles. The minimum Gasteiger partial charge on any atom is -0.338 e. The van der Waals surface area contributed by atoms with Crippen LogP contribution >= 0.6 is 0 Å². The van der Waals surface area contributed by atoms with E-state index in [0.717, 1.165) is 45.7 Å². The molecule has 0 aliphatic carbocycles. The third kappa shape index (κ3) is 4.00. The van der Waals surface area contributed by atoms with Gasteiger partial charge in [-0.05, 0) is 25.5 Å². The van der Waals surface area contributed by atoms with Crippen LogP contribution < -0.4 is 4.90 Å². The van der Waals surface area contributed by atoms with Crippen LogP contribution in [0.5, 0.6) is 0 Å². The zero-order valence-electron chi connectivity index (χ0n) is 12.6. The number of aryl methyl sites for hydroxylation is 1. The van der Waals surface area contributed by atoms with Gasteiger partial charge in [-0.3, -0.25) is 9.58 Å². The summed E-state index contributed by atoms with van der Waals surface area (Å²) in [4.78, 5) is 12.7. The fourth-order valence-corrected chi connectivity index (χ4v) is 2.68. The molecule has 3 rings (SSSR count). The van der Waals surface area contributed by atoms with E-state index in [1.54, 1.807) is 0 Å². The van der Waals surface area contributed by atoms with Crippen LogP contribution in [0, 0.1) is 5.82 Å². The molecular formula is C15H21FN6. The molecule has 2 aromatic heterocycles. The Bertz CT molecular complexity index is 548. The van der Waals surface area contributed by atoms with E-state index in [2.05, 4.69) is 24.9 Å². The largest absolute Gasteiger partial charge is 0.338 e. The lowest BCUT2D eigenvalue weighted by molar-refractivity contribution is 0.249. The van der Waals surface area contributed by atoms with E-state index in [4.69, 9.17) is 0 Å². The summed E-state index contributed by atoms with van der Waals surface area (Å²) < 4.78 is 14.8. The van der Waals surface area contributed by atoms with Gasteiger partial charge in [0, 0.05) is 45.1 Å². The number of aromatic nitrogens is 4. The summed E-state index contributed by atoms with van der Waals surface area (Å²) in [6.45, 7) is 5.89. The van der Waals surface area contributed by atoms with Crippen LogP contribution in [0.4, 0.5) is 10.3 Å². The van der Waals surface area contributed by atoms with E-state index in [0.29, 0.717) is 5.95 Å². The average Bonchev–Trinajstić information content (AvgIpc) is 3.06. The van der Waals surface area contributed by atoms with Crippen molar-refractivity contribution in [3.05, 3.63) is 36.7 Å². The summed E-state index contributed by atoms with van der Waals surface area (Å²) in [5.41, 5.74) is 0. The number of nitrogens with zero attached hydrogens (tertiary/aromatic N) is 6. The van der Waals surface area contributed by atoms with Gasteiger partial charge >= 0.3 is 0 Å². The number of halogens is 1. The molecule has 22 heavy (non-hydrogen) atoms. The fourth-order valence-electron chi connectivity index (χ4n) is 2.68. The van der Waals surface area contributed by atoms with Crippen molar-refractivity contribution in [3.63, 3.8) is 0 Å². The molecule has 0 N–H and O–H groups in total. The zero-order valence-corrected chi connectivity index (χ0v) is 12.6. The van der Waals surface area contributed by atoms with Crippen LogP contribution in [0.1, 0.15) is 12.8 Å². The molecule has 0 unspecified atom stereocenters. The number of anilines is 1. The Morgan fingerprint density at radius 1 is 1.00 bits per heavy atom. The van der Waals surface area contributed by atoms with Crippen molar-refractivity contribution in [1.29, 1.82) is 0 Å². The number of piperazine rings is 1. The number of hydrogen-bond donors (Lipinski definition) is 0. The van der Waals surface area contributed by atoms with Gasteiger partial charge in [0.2, 0.25) is 5.95 Å². The van der Waals surface area contributed by atoms with Crippen molar-refractivity contribution in [3.8, 4) is 0 Å². The van der Waals surface area contributed by atoms with E-state index in [1.807, 2.05) is 23.1 Å². The predicted molar refractivity (Wildman–Crippen MR) is 82.1 cm³/mol. The van der Waals surface area contributed by atoms with E-state index in [-0.39, 0.29) is 5.82 Å². The smallest absolute Gasteiger partial charge is 0.225 e. The lowest BCUT2D eigenvalue weighted by atomic mass is 10.2. The molecular weight excluding hydrogens is 283 g/mol. The van der Waals surface area contributed by atoms with E-state index in [9.17, 15) is 4.39 Å². The third-order valence-electron chi connectivity index (χ3n) is 3.93. The Labute approximate surface area is 129 Å². The van der Waals surface area contributed by atoms with Crippen molar-refractivity contribution in [2.45, 2.75) is 19.4 Å². The van der Waals surface area contributed by atoms with Crippen LogP contribution in [-0.2, 0) is 6.54 Å². The van der Waals surface area contributed by atoms with E-state index in [1.165, 1.54) is 18.8 Å². The molecule has 0 aromatic carbocycles. The van der Waals surface area contributed by atoms with Gasteiger partial charge < -0.3 is 4.90 Å². The second-order valence-electron chi connectivity index (χ2n) is 5.51. The maximum Gasteiger partial charge on any atom is 0.225 e. The second-order valence-corrected chi connectivity index (χ2v) is 5.51. The lowest BCUT2D eigenvalue weighted by Gasteiger charge is -2.34. The van der Waals surface area contributed by atoms with Crippen LogP contribution in [0.15, 0.2) is 30.9 Å². The Morgan fingerprint density at radius 2 is 1.73 bits per heavy atom. The molecule has 3 heterocycles. The Hall–Kier alpha value is -2.02. The van der Waals surface area contributed by atoms with Gasteiger partial charge in [-0.25, -0.2) is 14.4 Å². The van der Waals surface area contributed by atoms with Gasteiger partial charge in [-0.1, -0.05) is 0 Å². The normalized spacial score (nSPS) is 16.1. The Kier molecular flexibility index (Phi) is 4.95. The summed E-state index contributed by atoms with van der Waals surface area (Å²) in [5.74, 6) is 0.235. The Balaban J connectivity index is 1.35. The third-order valence-corrected chi connectivity index (χ3v) is 3.93. The topological polar surface area (TPSA) is 50.1 Å². The summed E-state index contributed by atoms with van der Waals surface area (Å²) >= 11 is 0. The summed E-state index contributed by atoms with van der Waals surface area (Å²) in [7, 11) is 0. The molecule has 0 amide bonds. The first-order chi connectivity index (χ1) is 10.8. The first-order valence-corrected chi connectivity index (χ1v) is 7.73. The highest BCUT2D eigenvalue weighted by atomic mass is 19.1. The van der Waals surface area contributed by atoms with Gasteiger partial charge in [0.15, 0.2) is 5.82 Å². The van der Waals surface area contributed by atoms with E-state index >= 15 is 0 Å². The summed E-state index contributed by atoms with van der Waals surface area (Å²) in [6, 6.07) is 1.96. The highest BCUT2D eigenvalue weighted by molar-refractivity contribution is 5.29. The maximum atomic E-state index is 12.8. The minimum absolute atomic E-state index is 0.389. The molecule has 6 nitrogen and oxygen atoms in total. The molecule has 0 atom stereocenters. The van der Waals surface area contributed by atoms with Gasteiger partial charge in [0.05, 0.1) is 12.4 Å². The molecule has 0 spiro atoms. The standard InChI is InChI=1S/C15H21FN6/c16-14-12-17-15(18-13-14)21-10-8-20(9-11-21)5-1-2-6-22-7-3-4-19-22/h3-4,7,12-13H,1-2,5-6,8-11H2. The molecule has 0 saturated carbocycles. The molecule has 0 radical (unpaired) electrons. The van der Waals surface area contributed by atoms with Crippen molar-refractivity contribution < 1.29 is 4.39 Å². The van der Waals surface area contributed by atoms with Crippen molar-refractivity contribution in [2.24, 2.45) is 0 Å².